The van der Waals surface area contributed by atoms with Gasteiger partial charge in [-0.3, -0.25) is 9.59 Å². The van der Waals surface area contributed by atoms with Crippen LogP contribution in [0.15, 0.2) is 42.5 Å². The highest BCUT2D eigenvalue weighted by atomic mass is 19.1. The number of amides is 3. The summed E-state index contributed by atoms with van der Waals surface area (Å²) in [5, 5.41) is 0. The van der Waals surface area contributed by atoms with Gasteiger partial charge >= 0.3 is 6.09 Å². The topological polar surface area (TPSA) is 102 Å². The van der Waals surface area contributed by atoms with Gasteiger partial charge in [-0.1, -0.05) is 18.2 Å². The van der Waals surface area contributed by atoms with E-state index < -0.39 is 30.1 Å². The zero-order chi connectivity index (χ0) is 23.8. The van der Waals surface area contributed by atoms with Crippen molar-refractivity contribution in [2.24, 2.45) is 0 Å². The number of nitrogens with zero attached hydrogens (tertiary/aromatic N) is 2. The number of methoxy groups -OCH3 is 1. The minimum atomic E-state index is -1.42. The molecule has 1 unspecified atom stereocenters. The molecular formula is C24H26FN3O5. The van der Waals surface area contributed by atoms with Crippen molar-refractivity contribution in [3.8, 4) is 0 Å². The van der Waals surface area contributed by atoms with Gasteiger partial charge in [0, 0.05) is 31.3 Å². The minimum absolute atomic E-state index is 0.175. The van der Waals surface area contributed by atoms with Gasteiger partial charge in [-0.2, -0.15) is 0 Å². The average molecular weight is 455 g/mol. The summed E-state index contributed by atoms with van der Waals surface area (Å²) >= 11 is 0. The predicted molar refractivity (Wildman–Crippen MR) is 117 cm³/mol. The number of carbonyl (C=O) groups excluding carboxylic acids is 3. The molecular weight excluding hydrogens is 429 g/mol. The molecule has 0 radical (unpaired) electrons. The molecule has 1 spiro atoms. The number of fused-ring (bicyclic) bond motifs is 2. The monoisotopic (exact) mass is 455 g/mol. The van der Waals surface area contributed by atoms with E-state index in [0.29, 0.717) is 29.7 Å². The molecule has 2 atom stereocenters. The summed E-state index contributed by atoms with van der Waals surface area (Å²) in [7, 11) is 1.52. The zero-order valence-electron chi connectivity index (χ0n) is 18.5. The molecule has 2 aromatic carbocycles. The molecule has 2 aromatic rings. The summed E-state index contributed by atoms with van der Waals surface area (Å²) in [5.74, 6) is -1.37. The SMILES string of the molecule is COC[C@H](C)N(Cc1ccc(F)cc1)C(=O)CN1C(=O)OC2(CCc3cc(N)ccc32)C1=O. The molecule has 1 aliphatic carbocycles. The molecule has 0 aromatic heterocycles. The number of aryl methyl sites for hydroxylation is 1. The lowest BCUT2D eigenvalue weighted by Crippen LogP contribution is -2.48. The van der Waals surface area contributed by atoms with Gasteiger partial charge in [-0.05, 0) is 48.7 Å². The molecule has 0 saturated carbocycles. The highest BCUT2D eigenvalue weighted by Crippen LogP contribution is 2.45. The summed E-state index contributed by atoms with van der Waals surface area (Å²) in [6.07, 6.45) is 0.00236. The van der Waals surface area contributed by atoms with E-state index in [1.807, 2.05) is 0 Å². The van der Waals surface area contributed by atoms with Crippen LogP contribution in [-0.2, 0) is 37.6 Å². The van der Waals surface area contributed by atoms with Crippen LogP contribution >= 0.6 is 0 Å². The number of nitrogen functional groups attached to an aromatic ring is 1. The fraction of sp³-hybridized carbons (Fsp3) is 0.375. The van der Waals surface area contributed by atoms with Gasteiger partial charge in [0.05, 0.1) is 12.6 Å². The van der Waals surface area contributed by atoms with Gasteiger partial charge in [0.2, 0.25) is 11.5 Å². The Bertz CT molecular complexity index is 1090. The molecule has 174 valence electrons. The summed E-state index contributed by atoms with van der Waals surface area (Å²) in [5.41, 5.74) is 7.18. The second kappa shape index (κ2) is 8.82. The van der Waals surface area contributed by atoms with Crippen molar-refractivity contribution >= 4 is 23.6 Å². The summed E-state index contributed by atoms with van der Waals surface area (Å²) in [4.78, 5) is 41.7. The number of halogens is 1. The quantitative estimate of drug-likeness (QED) is 0.644. The first-order valence-corrected chi connectivity index (χ1v) is 10.7. The van der Waals surface area contributed by atoms with Gasteiger partial charge in [0.25, 0.3) is 5.91 Å². The fourth-order valence-corrected chi connectivity index (χ4v) is 4.51. The zero-order valence-corrected chi connectivity index (χ0v) is 18.5. The van der Waals surface area contributed by atoms with Crippen LogP contribution in [-0.4, -0.2) is 54.0 Å². The van der Waals surface area contributed by atoms with E-state index in [-0.39, 0.29) is 25.0 Å². The molecule has 4 rings (SSSR count). The number of anilines is 1. The van der Waals surface area contributed by atoms with E-state index >= 15 is 0 Å². The molecule has 1 saturated heterocycles. The molecule has 9 heteroatoms. The molecule has 1 aliphatic heterocycles. The van der Waals surface area contributed by atoms with Crippen LogP contribution < -0.4 is 5.73 Å². The van der Waals surface area contributed by atoms with Gasteiger partial charge < -0.3 is 20.1 Å². The van der Waals surface area contributed by atoms with E-state index in [1.165, 1.54) is 24.1 Å². The molecule has 8 nitrogen and oxygen atoms in total. The van der Waals surface area contributed by atoms with Crippen LogP contribution in [0.4, 0.5) is 14.9 Å². The first kappa shape index (κ1) is 22.7. The average Bonchev–Trinajstić information content (AvgIpc) is 3.25. The highest BCUT2D eigenvalue weighted by molar-refractivity contribution is 6.06. The van der Waals surface area contributed by atoms with Crippen LogP contribution in [0.1, 0.15) is 30.0 Å². The summed E-state index contributed by atoms with van der Waals surface area (Å²) < 4.78 is 24.1. The van der Waals surface area contributed by atoms with Crippen LogP contribution in [0.2, 0.25) is 0 Å². The molecule has 2 aliphatic rings. The maximum atomic E-state index is 13.3. The molecule has 0 bridgehead atoms. The Morgan fingerprint density at radius 1 is 1.27 bits per heavy atom. The number of carbonyl (C=O) groups is 3. The number of hydrogen-bond donors (Lipinski definition) is 1. The maximum absolute atomic E-state index is 13.3. The Morgan fingerprint density at radius 2 is 2.00 bits per heavy atom. The van der Waals surface area contributed by atoms with E-state index in [2.05, 4.69) is 0 Å². The molecule has 2 N–H and O–H groups in total. The summed E-state index contributed by atoms with van der Waals surface area (Å²) in [6, 6.07) is 10.6. The lowest BCUT2D eigenvalue weighted by molar-refractivity contribution is -0.143. The first-order valence-electron chi connectivity index (χ1n) is 10.7. The largest absolute Gasteiger partial charge is 0.427 e. The van der Waals surface area contributed by atoms with Crippen LogP contribution in [0.3, 0.4) is 0 Å². The third-order valence-electron chi connectivity index (χ3n) is 6.20. The third-order valence-corrected chi connectivity index (χ3v) is 6.20. The van der Waals surface area contributed by atoms with Gasteiger partial charge in [-0.25, -0.2) is 14.1 Å². The van der Waals surface area contributed by atoms with E-state index in [9.17, 15) is 18.8 Å². The van der Waals surface area contributed by atoms with Crippen LogP contribution in [0.25, 0.3) is 0 Å². The molecule has 1 fully saturated rings. The molecule has 33 heavy (non-hydrogen) atoms. The normalized spacial score (nSPS) is 20.2. The number of ether oxygens (including phenoxy) is 2. The Hall–Kier alpha value is -3.46. The number of rotatable bonds is 7. The van der Waals surface area contributed by atoms with Crippen molar-refractivity contribution in [3.05, 3.63) is 65.0 Å². The summed E-state index contributed by atoms with van der Waals surface area (Å²) in [6.45, 7) is 1.77. The van der Waals surface area contributed by atoms with Gasteiger partial charge in [-0.15, -0.1) is 0 Å². The minimum Gasteiger partial charge on any atom is -0.427 e. The Labute approximate surface area is 191 Å². The van der Waals surface area contributed by atoms with E-state index in [1.54, 1.807) is 37.3 Å². The van der Waals surface area contributed by atoms with Crippen molar-refractivity contribution in [3.63, 3.8) is 0 Å². The molecule has 3 amide bonds. The maximum Gasteiger partial charge on any atom is 0.418 e. The lowest BCUT2D eigenvalue weighted by Gasteiger charge is -2.30. The third kappa shape index (κ3) is 4.16. The van der Waals surface area contributed by atoms with Gasteiger partial charge in [0.1, 0.15) is 12.4 Å². The number of imide groups is 1. The number of nitrogens with two attached hydrogens (primary N) is 1. The Kier molecular flexibility index (Phi) is 6.07. The van der Waals surface area contributed by atoms with E-state index in [0.717, 1.165) is 10.5 Å². The van der Waals surface area contributed by atoms with E-state index in [4.69, 9.17) is 15.2 Å². The van der Waals surface area contributed by atoms with Gasteiger partial charge in [0.15, 0.2) is 0 Å². The standard InChI is InChI=1S/C24H26FN3O5/c1-15(14-32-2)27(12-16-3-5-18(25)6-4-16)21(29)13-28-22(30)24(33-23(28)31)10-9-17-11-19(26)7-8-20(17)24/h3-8,11,15H,9-10,12-14,26H2,1-2H3/t15-,24?/m0/s1. The molecule has 1 heterocycles. The Balaban J connectivity index is 1.55. The number of hydrogen-bond acceptors (Lipinski definition) is 6. The Morgan fingerprint density at radius 3 is 2.70 bits per heavy atom. The van der Waals surface area contributed by atoms with Crippen molar-refractivity contribution < 1.29 is 28.2 Å². The van der Waals surface area contributed by atoms with Crippen molar-refractivity contribution in [1.82, 2.24) is 9.80 Å². The van der Waals surface area contributed by atoms with Crippen molar-refractivity contribution in [2.75, 3.05) is 26.0 Å². The van der Waals surface area contributed by atoms with Crippen molar-refractivity contribution in [2.45, 2.75) is 38.0 Å². The number of benzene rings is 2. The smallest absolute Gasteiger partial charge is 0.418 e. The van der Waals surface area contributed by atoms with Crippen LogP contribution in [0, 0.1) is 5.82 Å². The predicted octanol–water partition coefficient (Wildman–Crippen LogP) is 2.59. The second-order valence-corrected chi connectivity index (χ2v) is 8.46. The first-order chi connectivity index (χ1) is 15.7. The fourth-order valence-electron chi connectivity index (χ4n) is 4.51. The van der Waals surface area contributed by atoms with Crippen LogP contribution in [0.5, 0.6) is 0 Å². The second-order valence-electron chi connectivity index (χ2n) is 8.46. The highest BCUT2D eigenvalue weighted by Gasteiger charge is 2.58. The lowest BCUT2D eigenvalue weighted by atomic mass is 9.94. The van der Waals surface area contributed by atoms with Crippen molar-refractivity contribution in [1.29, 1.82) is 0 Å².